The topological polar surface area (TPSA) is 24.9 Å². The molecule has 3 heteroatoms. The molecule has 1 aromatic rings. The van der Waals surface area contributed by atoms with Crippen molar-refractivity contribution in [1.29, 1.82) is 0 Å². The lowest BCUT2D eigenvalue weighted by molar-refractivity contribution is 0.518. The highest BCUT2D eigenvalue weighted by Gasteiger charge is 2.13. The quantitative estimate of drug-likeness (QED) is 0.898. The minimum absolute atomic E-state index is 0.952. The van der Waals surface area contributed by atoms with E-state index in [0.29, 0.717) is 0 Å². The molecule has 0 atom stereocenters. The molecule has 0 spiro atoms. The summed E-state index contributed by atoms with van der Waals surface area (Å²) < 4.78 is 1.03. The number of hydrogen-bond donors (Lipinski definition) is 1. The molecule has 1 aliphatic rings. The van der Waals surface area contributed by atoms with Gasteiger partial charge in [0, 0.05) is 17.2 Å². The van der Waals surface area contributed by atoms with Gasteiger partial charge in [-0.05, 0) is 40.4 Å². The number of hydrogen-bond acceptors (Lipinski definition) is 2. The van der Waals surface area contributed by atoms with Crippen molar-refractivity contribution in [3.8, 4) is 0 Å². The van der Waals surface area contributed by atoms with Crippen molar-refractivity contribution >= 4 is 21.7 Å². The molecule has 0 amide bonds. The van der Waals surface area contributed by atoms with Crippen molar-refractivity contribution in [3.63, 3.8) is 0 Å². The average Bonchev–Trinajstić information content (AvgIpc) is 2.74. The van der Waals surface area contributed by atoms with Crippen LogP contribution in [0.1, 0.15) is 32.1 Å². The van der Waals surface area contributed by atoms with Crippen LogP contribution in [0.5, 0.6) is 0 Å². The minimum Gasteiger partial charge on any atom is -0.370 e. The van der Waals surface area contributed by atoms with Crippen LogP contribution in [0.3, 0.4) is 0 Å². The Bertz CT molecular complexity index is 291. The first-order valence-electron chi connectivity index (χ1n) is 5.70. The molecule has 2 rings (SSSR count). The highest BCUT2D eigenvalue weighted by Crippen LogP contribution is 2.27. The molecule has 0 aliphatic heterocycles. The molecule has 1 N–H and O–H groups in total. The predicted octanol–water partition coefficient (Wildman–Crippen LogP) is 3.84. The molecule has 0 radical (unpaired) electrons. The molecule has 1 aromatic heterocycles. The molecular weight excluding hydrogens is 252 g/mol. The normalized spacial score (nSPS) is 16.9. The second kappa shape index (κ2) is 5.50. The van der Waals surface area contributed by atoms with E-state index in [1.54, 1.807) is 0 Å². The zero-order valence-corrected chi connectivity index (χ0v) is 10.5. The maximum absolute atomic E-state index is 4.28. The number of nitrogens with one attached hydrogen (secondary N) is 1. The largest absolute Gasteiger partial charge is 0.370 e. The summed E-state index contributed by atoms with van der Waals surface area (Å²) in [6, 6.07) is 4.03. The fourth-order valence-electron chi connectivity index (χ4n) is 2.18. The van der Waals surface area contributed by atoms with Crippen LogP contribution >= 0.6 is 15.9 Å². The zero-order chi connectivity index (χ0) is 10.5. The van der Waals surface area contributed by atoms with E-state index in [1.807, 2.05) is 18.3 Å². The molecule has 82 valence electrons. The number of rotatable bonds is 4. The van der Waals surface area contributed by atoms with Crippen LogP contribution in [-0.2, 0) is 0 Å². The van der Waals surface area contributed by atoms with Crippen molar-refractivity contribution in [1.82, 2.24) is 4.98 Å². The fourth-order valence-corrected chi connectivity index (χ4v) is 2.42. The van der Waals surface area contributed by atoms with Crippen LogP contribution in [0, 0.1) is 5.92 Å². The van der Waals surface area contributed by atoms with E-state index >= 15 is 0 Å². The molecule has 0 saturated heterocycles. The summed E-state index contributed by atoms with van der Waals surface area (Å²) in [6.45, 7) is 1.05. The van der Waals surface area contributed by atoms with E-state index in [4.69, 9.17) is 0 Å². The Labute approximate surface area is 99.6 Å². The number of nitrogens with zero attached hydrogens (tertiary/aromatic N) is 1. The highest BCUT2D eigenvalue weighted by atomic mass is 79.9. The summed E-state index contributed by atoms with van der Waals surface area (Å²) in [7, 11) is 0. The van der Waals surface area contributed by atoms with Crippen molar-refractivity contribution in [2.24, 2.45) is 5.92 Å². The monoisotopic (exact) mass is 268 g/mol. The van der Waals surface area contributed by atoms with Gasteiger partial charge in [0.05, 0.1) is 0 Å². The lowest BCUT2D eigenvalue weighted by atomic mass is 10.0. The van der Waals surface area contributed by atoms with Gasteiger partial charge in [0.15, 0.2) is 0 Å². The lowest BCUT2D eigenvalue weighted by Gasteiger charge is -2.09. The van der Waals surface area contributed by atoms with Gasteiger partial charge < -0.3 is 5.32 Å². The summed E-state index contributed by atoms with van der Waals surface area (Å²) in [5.74, 6) is 1.93. The first-order chi connectivity index (χ1) is 7.34. The van der Waals surface area contributed by atoms with Gasteiger partial charge >= 0.3 is 0 Å². The van der Waals surface area contributed by atoms with Gasteiger partial charge in [-0.25, -0.2) is 4.98 Å². The Kier molecular flexibility index (Phi) is 4.01. The first-order valence-corrected chi connectivity index (χ1v) is 6.49. The van der Waals surface area contributed by atoms with E-state index in [0.717, 1.165) is 22.8 Å². The van der Waals surface area contributed by atoms with Crippen LogP contribution < -0.4 is 5.32 Å². The van der Waals surface area contributed by atoms with Crippen LogP contribution in [0.4, 0.5) is 5.82 Å². The lowest BCUT2D eigenvalue weighted by Crippen LogP contribution is -2.07. The standard InChI is InChI=1S/C12H17BrN2/c13-11-5-6-12(15-9-11)14-8-7-10-3-1-2-4-10/h5-6,9-10H,1-4,7-8H2,(H,14,15). The van der Waals surface area contributed by atoms with Gasteiger partial charge in [0.25, 0.3) is 0 Å². The van der Waals surface area contributed by atoms with Crippen LogP contribution in [0.25, 0.3) is 0 Å². The van der Waals surface area contributed by atoms with Crippen molar-refractivity contribution in [2.45, 2.75) is 32.1 Å². The van der Waals surface area contributed by atoms with Gasteiger partial charge in [-0.2, -0.15) is 0 Å². The molecule has 1 aliphatic carbocycles. The SMILES string of the molecule is Brc1ccc(NCCC2CCCC2)nc1. The molecule has 0 bridgehead atoms. The van der Waals surface area contributed by atoms with E-state index in [1.165, 1.54) is 32.1 Å². The summed E-state index contributed by atoms with van der Waals surface area (Å²) in [6.07, 6.45) is 8.84. The Hall–Kier alpha value is -0.570. The van der Waals surface area contributed by atoms with Gasteiger partial charge in [0.1, 0.15) is 5.82 Å². The van der Waals surface area contributed by atoms with Crippen molar-refractivity contribution < 1.29 is 0 Å². The van der Waals surface area contributed by atoms with E-state index < -0.39 is 0 Å². The Morgan fingerprint density at radius 3 is 2.80 bits per heavy atom. The number of halogens is 1. The predicted molar refractivity (Wildman–Crippen MR) is 67.0 cm³/mol. The molecule has 0 unspecified atom stereocenters. The van der Waals surface area contributed by atoms with Gasteiger partial charge in [0.2, 0.25) is 0 Å². The summed E-state index contributed by atoms with van der Waals surface area (Å²) in [5, 5.41) is 3.37. The minimum atomic E-state index is 0.952. The Morgan fingerprint density at radius 1 is 1.33 bits per heavy atom. The third kappa shape index (κ3) is 3.49. The van der Waals surface area contributed by atoms with E-state index in [-0.39, 0.29) is 0 Å². The molecule has 1 fully saturated rings. The third-order valence-corrected chi connectivity index (χ3v) is 3.53. The van der Waals surface area contributed by atoms with Crippen molar-refractivity contribution in [2.75, 3.05) is 11.9 Å². The fraction of sp³-hybridized carbons (Fsp3) is 0.583. The van der Waals surface area contributed by atoms with Gasteiger partial charge in [-0.3, -0.25) is 0 Å². The first kappa shape index (κ1) is 10.9. The summed E-state index contributed by atoms with van der Waals surface area (Å²) in [4.78, 5) is 4.28. The van der Waals surface area contributed by atoms with E-state index in [9.17, 15) is 0 Å². The summed E-state index contributed by atoms with van der Waals surface area (Å²) >= 11 is 3.38. The van der Waals surface area contributed by atoms with Crippen LogP contribution in [-0.4, -0.2) is 11.5 Å². The average molecular weight is 269 g/mol. The van der Waals surface area contributed by atoms with Crippen LogP contribution in [0.2, 0.25) is 0 Å². The summed E-state index contributed by atoms with van der Waals surface area (Å²) in [5.41, 5.74) is 0. The third-order valence-electron chi connectivity index (χ3n) is 3.06. The Morgan fingerprint density at radius 2 is 2.13 bits per heavy atom. The highest BCUT2D eigenvalue weighted by molar-refractivity contribution is 9.10. The number of anilines is 1. The molecule has 1 heterocycles. The van der Waals surface area contributed by atoms with Crippen molar-refractivity contribution in [3.05, 3.63) is 22.8 Å². The molecule has 2 nitrogen and oxygen atoms in total. The number of pyridine rings is 1. The molecular formula is C12H17BrN2. The maximum atomic E-state index is 4.28. The van der Waals surface area contributed by atoms with Gasteiger partial charge in [-0.15, -0.1) is 0 Å². The smallest absolute Gasteiger partial charge is 0.125 e. The van der Waals surface area contributed by atoms with Gasteiger partial charge in [-0.1, -0.05) is 25.7 Å². The van der Waals surface area contributed by atoms with E-state index in [2.05, 4.69) is 26.2 Å². The molecule has 15 heavy (non-hydrogen) atoms. The zero-order valence-electron chi connectivity index (χ0n) is 8.88. The Balaban J connectivity index is 1.71. The molecule has 0 aromatic carbocycles. The molecule has 1 saturated carbocycles. The maximum Gasteiger partial charge on any atom is 0.125 e. The second-order valence-electron chi connectivity index (χ2n) is 4.23. The second-order valence-corrected chi connectivity index (χ2v) is 5.14. The number of aromatic nitrogens is 1. The van der Waals surface area contributed by atoms with Crippen LogP contribution in [0.15, 0.2) is 22.8 Å².